The smallest absolute Gasteiger partial charge is 0.308 e. The summed E-state index contributed by atoms with van der Waals surface area (Å²) in [5.74, 6) is -0.732. The molecule has 1 atom stereocenters. The highest BCUT2D eigenvalue weighted by molar-refractivity contribution is 7.92. The second-order valence-corrected chi connectivity index (χ2v) is 8.05. The number of sulfonamides is 1. The van der Waals surface area contributed by atoms with E-state index in [2.05, 4.69) is 0 Å². The van der Waals surface area contributed by atoms with Crippen molar-refractivity contribution in [3.63, 3.8) is 0 Å². The summed E-state index contributed by atoms with van der Waals surface area (Å²) < 4.78 is 30.4. The average Bonchev–Trinajstić information content (AvgIpc) is 2.60. The molecule has 1 aliphatic heterocycles. The number of piperidine rings is 1. The van der Waals surface area contributed by atoms with E-state index in [9.17, 15) is 18.0 Å². The lowest BCUT2D eigenvalue weighted by molar-refractivity contribution is -0.149. The maximum atomic E-state index is 12.8. The third-order valence-electron chi connectivity index (χ3n) is 4.42. The summed E-state index contributed by atoms with van der Waals surface area (Å²) >= 11 is 0. The van der Waals surface area contributed by atoms with Crippen molar-refractivity contribution in [2.75, 3.05) is 30.8 Å². The van der Waals surface area contributed by atoms with E-state index in [0.29, 0.717) is 31.6 Å². The Morgan fingerprint density at radius 2 is 1.76 bits per heavy atom. The Kier molecular flexibility index (Phi) is 6.05. The molecular formula is C17H24N2O5S. The number of para-hydroxylation sites is 1. The van der Waals surface area contributed by atoms with Gasteiger partial charge in [-0.2, -0.15) is 0 Å². The van der Waals surface area contributed by atoms with Crippen molar-refractivity contribution in [1.29, 1.82) is 0 Å². The number of ether oxygens (including phenoxy) is 1. The molecule has 7 nitrogen and oxygen atoms in total. The molecule has 1 saturated heterocycles. The first kappa shape index (κ1) is 19.2. The van der Waals surface area contributed by atoms with Crippen LogP contribution in [0.15, 0.2) is 30.3 Å². The second-order valence-electron chi connectivity index (χ2n) is 6.19. The lowest BCUT2D eigenvalue weighted by Gasteiger charge is -2.36. The van der Waals surface area contributed by atoms with Gasteiger partial charge in [0.15, 0.2) is 0 Å². The second kappa shape index (κ2) is 7.86. The first-order valence-corrected chi connectivity index (χ1v) is 10.0. The lowest BCUT2D eigenvalue weighted by Crippen LogP contribution is -2.51. The van der Waals surface area contributed by atoms with Crippen molar-refractivity contribution in [1.82, 2.24) is 4.90 Å². The van der Waals surface area contributed by atoms with Crippen molar-refractivity contribution in [2.24, 2.45) is 5.92 Å². The van der Waals surface area contributed by atoms with Gasteiger partial charge in [-0.15, -0.1) is 0 Å². The SMILES string of the molecule is COC(=O)C1CCN(C(=O)[C@@H](C)N(c2ccccc2)S(C)(=O)=O)CC1. The summed E-state index contributed by atoms with van der Waals surface area (Å²) in [5.41, 5.74) is 0.454. The summed E-state index contributed by atoms with van der Waals surface area (Å²) in [6.07, 6.45) is 2.14. The fraction of sp³-hybridized carbons (Fsp3) is 0.529. The van der Waals surface area contributed by atoms with Gasteiger partial charge < -0.3 is 9.64 Å². The summed E-state index contributed by atoms with van der Waals surface area (Å²) in [5, 5.41) is 0. The number of carbonyl (C=O) groups excluding carboxylic acids is 2. The van der Waals surface area contributed by atoms with Gasteiger partial charge in [-0.3, -0.25) is 13.9 Å². The molecule has 1 aromatic carbocycles. The zero-order valence-electron chi connectivity index (χ0n) is 14.7. The molecule has 0 spiro atoms. The van der Waals surface area contributed by atoms with Crippen molar-refractivity contribution < 1.29 is 22.7 Å². The Labute approximate surface area is 148 Å². The van der Waals surface area contributed by atoms with E-state index in [1.807, 2.05) is 0 Å². The van der Waals surface area contributed by atoms with Gasteiger partial charge in [-0.05, 0) is 31.9 Å². The topological polar surface area (TPSA) is 84.0 Å². The van der Waals surface area contributed by atoms with Gasteiger partial charge >= 0.3 is 5.97 Å². The number of benzene rings is 1. The Morgan fingerprint density at radius 3 is 2.24 bits per heavy atom. The minimum atomic E-state index is -3.62. The van der Waals surface area contributed by atoms with Crippen LogP contribution in [-0.4, -0.2) is 57.7 Å². The Bertz CT molecular complexity index is 712. The van der Waals surface area contributed by atoms with Crippen LogP contribution in [0.25, 0.3) is 0 Å². The number of hydrogen-bond acceptors (Lipinski definition) is 5. The van der Waals surface area contributed by atoms with E-state index in [4.69, 9.17) is 4.74 Å². The number of methoxy groups -OCH3 is 1. The van der Waals surface area contributed by atoms with Gasteiger partial charge in [-0.25, -0.2) is 8.42 Å². The third-order valence-corrected chi connectivity index (χ3v) is 5.66. The largest absolute Gasteiger partial charge is 0.469 e. The molecule has 0 aliphatic carbocycles. The van der Waals surface area contributed by atoms with E-state index >= 15 is 0 Å². The predicted octanol–water partition coefficient (Wildman–Crippen LogP) is 1.25. The summed E-state index contributed by atoms with van der Waals surface area (Å²) in [6, 6.07) is 7.71. The number of amides is 1. The van der Waals surface area contributed by atoms with Gasteiger partial charge in [-0.1, -0.05) is 18.2 Å². The molecule has 2 rings (SSSR count). The van der Waals surface area contributed by atoms with Crippen LogP contribution in [0.1, 0.15) is 19.8 Å². The van der Waals surface area contributed by atoms with Gasteiger partial charge in [0.1, 0.15) is 6.04 Å². The predicted molar refractivity (Wildman–Crippen MR) is 94.5 cm³/mol. The molecule has 25 heavy (non-hydrogen) atoms. The lowest BCUT2D eigenvalue weighted by atomic mass is 9.96. The minimum absolute atomic E-state index is 0.204. The maximum absolute atomic E-state index is 12.8. The van der Waals surface area contributed by atoms with Crippen LogP contribution >= 0.6 is 0 Å². The zero-order valence-corrected chi connectivity index (χ0v) is 15.5. The van der Waals surface area contributed by atoms with Crippen LogP contribution < -0.4 is 4.31 Å². The highest BCUT2D eigenvalue weighted by Crippen LogP contribution is 2.24. The maximum Gasteiger partial charge on any atom is 0.308 e. The summed E-state index contributed by atoms with van der Waals surface area (Å²) in [7, 11) is -2.26. The highest BCUT2D eigenvalue weighted by Gasteiger charge is 2.34. The Morgan fingerprint density at radius 1 is 1.20 bits per heavy atom. The Balaban J connectivity index is 2.14. The molecule has 1 amide bonds. The molecule has 8 heteroatoms. The van der Waals surface area contributed by atoms with Crippen molar-refractivity contribution in [3.05, 3.63) is 30.3 Å². The molecule has 0 saturated carbocycles. The van der Waals surface area contributed by atoms with Gasteiger partial charge in [0, 0.05) is 13.1 Å². The molecule has 1 aromatic rings. The van der Waals surface area contributed by atoms with Gasteiger partial charge in [0.2, 0.25) is 15.9 Å². The van der Waals surface area contributed by atoms with Crippen molar-refractivity contribution in [2.45, 2.75) is 25.8 Å². The van der Waals surface area contributed by atoms with Crippen LogP contribution in [0.2, 0.25) is 0 Å². The number of hydrogen-bond donors (Lipinski definition) is 0. The highest BCUT2D eigenvalue weighted by atomic mass is 32.2. The fourth-order valence-corrected chi connectivity index (χ4v) is 4.31. The molecule has 1 aliphatic rings. The fourth-order valence-electron chi connectivity index (χ4n) is 3.14. The van der Waals surface area contributed by atoms with Crippen LogP contribution in [-0.2, 0) is 24.3 Å². The van der Waals surface area contributed by atoms with E-state index in [1.165, 1.54) is 7.11 Å². The quantitative estimate of drug-likeness (QED) is 0.731. The average molecular weight is 368 g/mol. The molecule has 0 radical (unpaired) electrons. The minimum Gasteiger partial charge on any atom is -0.469 e. The molecule has 0 unspecified atom stereocenters. The van der Waals surface area contributed by atoms with Gasteiger partial charge in [0.05, 0.1) is 25.0 Å². The third kappa shape index (κ3) is 4.50. The number of nitrogens with zero attached hydrogens (tertiary/aromatic N) is 2. The molecule has 1 fully saturated rings. The van der Waals surface area contributed by atoms with Crippen LogP contribution in [0.3, 0.4) is 0 Å². The monoisotopic (exact) mass is 368 g/mol. The van der Waals surface area contributed by atoms with Gasteiger partial charge in [0.25, 0.3) is 0 Å². The van der Waals surface area contributed by atoms with E-state index in [-0.39, 0.29) is 17.8 Å². The number of esters is 1. The molecular weight excluding hydrogens is 344 g/mol. The summed E-state index contributed by atoms with van der Waals surface area (Å²) in [4.78, 5) is 26.0. The van der Waals surface area contributed by atoms with E-state index in [1.54, 1.807) is 42.2 Å². The van der Waals surface area contributed by atoms with Crippen LogP contribution in [0.4, 0.5) is 5.69 Å². The normalized spacial score (nSPS) is 17.0. The van der Waals surface area contributed by atoms with Crippen molar-refractivity contribution >= 4 is 27.6 Å². The van der Waals surface area contributed by atoms with Crippen LogP contribution in [0.5, 0.6) is 0 Å². The first-order chi connectivity index (χ1) is 11.8. The number of rotatable bonds is 5. The standard InChI is InChI=1S/C17H24N2O5S/c1-13(19(25(3,22)23)15-7-5-4-6-8-15)16(20)18-11-9-14(10-12-18)17(21)24-2/h4-8,13-14H,9-12H2,1-3H3/t13-/m1/s1. The molecule has 0 bridgehead atoms. The van der Waals surface area contributed by atoms with Crippen molar-refractivity contribution in [3.8, 4) is 0 Å². The van der Waals surface area contributed by atoms with E-state index in [0.717, 1.165) is 10.6 Å². The summed E-state index contributed by atoms with van der Waals surface area (Å²) in [6.45, 7) is 2.41. The number of likely N-dealkylation sites (tertiary alicyclic amines) is 1. The number of anilines is 1. The molecule has 0 N–H and O–H groups in total. The number of carbonyl (C=O) groups is 2. The zero-order chi connectivity index (χ0) is 18.6. The molecule has 0 aromatic heterocycles. The first-order valence-electron chi connectivity index (χ1n) is 8.16. The molecule has 1 heterocycles. The van der Waals surface area contributed by atoms with E-state index < -0.39 is 16.1 Å². The Hall–Kier alpha value is -2.09. The molecule has 138 valence electrons. The van der Waals surface area contributed by atoms with Crippen LogP contribution in [0, 0.1) is 5.92 Å².